The first-order valence-corrected chi connectivity index (χ1v) is 7.81. The third-order valence-electron chi connectivity index (χ3n) is 3.07. The molecule has 0 fully saturated rings. The van der Waals surface area contributed by atoms with Gasteiger partial charge in [-0.2, -0.15) is 0 Å². The van der Waals surface area contributed by atoms with Crippen LogP contribution >= 0.6 is 22.6 Å². The van der Waals surface area contributed by atoms with Crippen molar-refractivity contribution in [2.24, 2.45) is 0 Å². The topological polar surface area (TPSA) is 59.8 Å². The van der Waals surface area contributed by atoms with E-state index in [1.807, 2.05) is 60.7 Å². The molecule has 2 aromatic carbocycles. The molecular formula is C16H13IN4O. The van der Waals surface area contributed by atoms with Crippen molar-refractivity contribution in [3.05, 3.63) is 64.4 Å². The second-order valence-corrected chi connectivity index (χ2v) is 5.69. The minimum Gasteiger partial charge on any atom is -0.324 e. The smallest absolute Gasteiger partial charge is 0.246 e. The highest BCUT2D eigenvalue weighted by molar-refractivity contribution is 14.1. The van der Waals surface area contributed by atoms with E-state index in [4.69, 9.17) is 0 Å². The van der Waals surface area contributed by atoms with Gasteiger partial charge in [0.05, 0.1) is 0 Å². The van der Waals surface area contributed by atoms with Crippen molar-refractivity contribution in [2.45, 2.75) is 6.54 Å². The standard InChI is InChI=1S/C16H13IN4O/c17-16-15(12-7-3-1-4-8-12)19-20-21(16)11-14(22)18-13-9-5-2-6-10-13/h1-10H,11H2,(H,18,22). The molecule has 5 nitrogen and oxygen atoms in total. The molecule has 0 aliphatic rings. The van der Waals surface area contributed by atoms with Crippen LogP contribution in [0.2, 0.25) is 0 Å². The first kappa shape index (κ1) is 14.7. The van der Waals surface area contributed by atoms with Crippen molar-refractivity contribution in [1.82, 2.24) is 15.0 Å². The van der Waals surface area contributed by atoms with E-state index in [0.29, 0.717) is 0 Å². The Hall–Kier alpha value is -2.22. The van der Waals surface area contributed by atoms with Gasteiger partial charge in [0, 0.05) is 11.3 Å². The van der Waals surface area contributed by atoms with E-state index in [0.717, 1.165) is 20.6 Å². The molecule has 1 heterocycles. The Kier molecular flexibility index (Phi) is 4.47. The van der Waals surface area contributed by atoms with Crippen LogP contribution in [0.3, 0.4) is 0 Å². The van der Waals surface area contributed by atoms with Crippen molar-refractivity contribution < 1.29 is 4.79 Å². The molecule has 22 heavy (non-hydrogen) atoms. The second kappa shape index (κ2) is 6.69. The van der Waals surface area contributed by atoms with Gasteiger partial charge in [0.15, 0.2) is 0 Å². The quantitative estimate of drug-likeness (QED) is 0.680. The van der Waals surface area contributed by atoms with Gasteiger partial charge in [-0.1, -0.05) is 53.7 Å². The number of anilines is 1. The lowest BCUT2D eigenvalue weighted by Gasteiger charge is -2.05. The third kappa shape index (κ3) is 3.33. The lowest BCUT2D eigenvalue weighted by Crippen LogP contribution is -2.20. The van der Waals surface area contributed by atoms with Crippen molar-refractivity contribution >= 4 is 34.2 Å². The average molecular weight is 404 g/mol. The maximum absolute atomic E-state index is 12.1. The molecule has 3 aromatic rings. The van der Waals surface area contributed by atoms with Gasteiger partial charge in [0.2, 0.25) is 5.91 Å². The van der Waals surface area contributed by atoms with Crippen LogP contribution in [0.5, 0.6) is 0 Å². The molecule has 3 rings (SSSR count). The predicted octanol–water partition coefficient (Wildman–Crippen LogP) is 3.19. The fraction of sp³-hybridized carbons (Fsp3) is 0.0625. The van der Waals surface area contributed by atoms with Gasteiger partial charge in [-0.25, -0.2) is 4.68 Å². The highest BCUT2D eigenvalue weighted by atomic mass is 127. The van der Waals surface area contributed by atoms with E-state index >= 15 is 0 Å². The minimum atomic E-state index is -0.131. The van der Waals surface area contributed by atoms with Crippen LogP contribution < -0.4 is 5.32 Å². The first-order chi connectivity index (χ1) is 10.7. The second-order valence-electron chi connectivity index (χ2n) is 4.67. The van der Waals surface area contributed by atoms with Crippen LogP contribution in [-0.2, 0) is 11.3 Å². The Bertz CT molecular complexity index is 771. The van der Waals surface area contributed by atoms with Crippen LogP contribution in [0.25, 0.3) is 11.3 Å². The molecule has 6 heteroatoms. The molecule has 0 saturated heterocycles. The molecule has 0 aliphatic heterocycles. The zero-order valence-corrected chi connectivity index (χ0v) is 13.8. The molecule has 110 valence electrons. The van der Waals surface area contributed by atoms with Gasteiger partial charge >= 0.3 is 0 Å². The maximum atomic E-state index is 12.1. The Morgan fingerprint density at radius 1 is 1.05 bits per heavy atom. The van der Waals surface area contributed by atoms with E-state index in [1.54, 1.807) is 4.68 Å². The molecule has 0 bridgehead atoms. The van der Waals surface area contributed by atoms with Crippen LogP contribution in [0.4, 0.5) is 5.69 Å². The van der Waals surface area contributed by atoms with Gasteiger partial charge in [-0.3, -0.25) is 4.79 Å². The van der Waals surface area contributed by atoms with Crippen molar-refractivity contribution in [2.75, 3.05) is 5.32 Å². The number of rotatable bonds is 4. The Labute approximate surface area is 141 Å². The number of para-hydroxylation sites is 1. The fourth-order valence-corrected chi connectivity index (χ4v) is 2.72. The highest BCUT2D eigenvalue weighted by Crippen LogP contribution is 2.22. The summed E-state index contributed by atoms with van der Waals surface area (Å²) in [6, 6.07) is 19.2. The molecule has 1 N–H and O–H groups in total. The van der Waals surface area contributed by atoms with Crippen LogP contribution in [0.1, 0.15) is 0 Å². The van der Waals surface area contributed by atoms with Crippen LogP contribution in [0.15, 0.2) is 60.7 Å². The zero-order valence-electron chi connectivity index (χ0n) is 11.6. The Balaban J connectivity index is 1.74. The summed E-state index contributed by atoms with van der Waals surface area (Å²) in [7, 11) is 0. The number of nitrogens with zero attached hydrogens (tertiary/aromatic N) is 3. The molecular weight excluding hydrogens is 391 g/mol. The van der Waals surface area contributed by atoms with Crippen molar-refractivity contribution in [3.8, 4) is 11.3 Å². The summed E-state index contributed by atoms with van der Waals surface area (Å²) < 4.78 is 2.44. The van der Waals surface area contributed by atoms with E-state index in [9.17, 15) is 4.79 Å². The average Bonchev–Trinajstić information content (AvgIpc) is 2.90. The monoisotopic (exact) mass is 404 g/mol. The Morgan fingerprint density at radius 3 is 2.36 bits per heavy atom. The molecule has 0 unspecified atom stereocenters. The van der Waals surface area contributed by atoms with Crippen LogP contribution in [0, 0.1) is 3.70 Å². The van der Waals surface area contributed by atoms with Gasteiger partial charge in [-0.15, -0.1) is 5.10 Å². The lowest BCUT2D eigenvalue weighted by atomic mass is 10.2. The van der Waals surface area contributed by atoms with E-state index in [2.05, 4.69) is 38.2 Å². The van der Waals surface area contributed by atoms with Gasteiger partial charge in [-0.05, 0) is 34.7 Å². The summed E-state index contributed by atoms with van der Waals surface area (Å²) in [5.41, 5.74) is 2.54. The summed E-state index contributed by atoms with van der Waals surface area (Å²) in [6.45, 7) is 0.132. The molecule has 1 aromatic heterocycles. The number of aromatic nitrogens is 3. The number of hydrogen-bond donors (Lipinski definition) is 1. The third-order valence-corrected chi connectivity index (χ3v) is 4.14. The molecule has 1 amide bonds. The number of amides is 1. The predicted molar refractivity (Wildman–Crippen MR) is 93.2 cm³/mol. The maximum Gasteiger partial charge on any atom is 0.246 e. The number of nitrogens with one attached hydrogen (secondary N) is 1. The molecule has 0 aliphatic carbocycles. The molecule has 0 atom stereocenters. The molecule has 0 radical (unpaired) electrons. The van der Waals surface area contributed by atoms with E-state index in [-0.39, 0.29) is 12.5 Å². The van der Waals surface area contributed by atoms with Crippen molar-refractivity contribution in [3.63, 3.8) is 0 Å². The molecule has 0 saturated carbocycles. The Morgan fingerprint density at radius 2 is 1.68 bits per heavy atom. The molecule has 0 spiro atoms. The summed E-state index contributed by atoms with van der Waals surface area (Å²) in [5.74, 6) is -0.131. The number of benzene rings is 2. The normalized spacial score (nSPS) is 10.4. The van der Waals surface area contributed by atoms with Crippen molar-refractivity contribution in [1.29, 1.82) is 0 Å². The number of carbonyl (C=O) groups is 1. The SMILES string of the molecule is O=C(Cn1nnc(-c2ccccc2)c1I)Nc1ccccc1. The summed E-state index contributed by atoms with van der Waals surface area (Å²) in [4.78, 5) is 12.1. The largest absolute Gasteiger partial charge is 0.324 e. The lowest BCUT2D eigenvalue weighted by molar-refractivity contribution is -0.117. The summed E-state index contributed by atoms with van der Waals surface area (Å²) >= 11 is 2.16. The summed E-state index contributed by atoms with van der Waals surface area (Å²) in [6.07, 6.45) is 0. The van der Waals surface area contributed by atoms with E-state index in [1.165, 1.54) is 0 Å². The first-order valence-electron chi connectivity index (χ1n) is 6.73. The highest BCUT2D eigenvalue weighted by Gasteiger charge is 2.14. The summed E-state index contributed by atoms with van der Waals surface area (Å²) in [5, 5.41) is 11.1. The number of halogens is 1. The van der Waals surface area contributed by atoms with Gasteiger partial charge in [0.25, 0.3) is 0 Å². The van der Waals surface area contributed by atoms with Gasteiger partial charge in [0.1, 0.15) is 15.9 Å². The van der Waals surface area contributed by atoms with E-state index < -0.39 is 0 Å². The van der Waals surface area contributed by atoms with Crippen LogP contribution in [-0.4, -0.2) is 20.9 Å². The fourth-order valence-electron chi connectivity index (χ4n) is 2.03. The van der Waals surface area contributed by atoms with Gasteiger partial charge < -0.3 is 5.32 Å². The zero-order chi connectivity index (χ0) is 15.4. The minimum absolute atomic E-state index is 0.131. The number of carbonyl (C=O) groups excluding carboxylic acids is 1. The number of hydrogen-bond acceptors (Lipinski definition) is 3.